The van der Waals surface area contributed by atoms with E-state index >= 15 is 0 Å². The molecule has 3 aromatic rings. The zero-order valence-electron chi connectivity index (χ0n) is 15.0. The van der Waals surface area contributed by atoms with Gasteiger partial charge in [0.25, 0.3) is 0 Å². The molecule has 1 amide bonds. The molecule has 0 radical (unpaired) electrons. The molecule has 2 aromatic heterocycles. The average molecular weight is 347 g/mol. The summed E-state index contributed by atoms with van der Waals surface area (Å²) in [5, 5.41) is 2.99. The van der Waals surface area contributed by atoms with Gasteiger partial charge >= 0.3 is 0 Å². The number of carbonyl (C=O) groups is 1. The Labute approximate surface area is 152 Å². The minimum absolute atomic E-state index is 0.0486. The predicted molar refractivity (Wildman–Crippen MR) is 98.4 cm³/mol. The van der Waals surface area contributed by atoms with E-state index in [1.165, 1.54) is 5.56 Å². The van der Waals surface area contributed by atoms with E-state index in [4.69, 9.17) is 9.72 Å². The predicted octanol–water partition coefficient (Wildman–Crippen LogP) is 3.20. The highest BCUT2D eigenvalue weighted by Gasteiger charge is 2.36. The van der Waals surface area contributed by atoms with E-state index in [1.807, 2.05) is 24.4 Å². The summed E-state index contributed by atoms with van der Waals surface area (Å²) in [7, 11) is 0. The Kier molecular flexibility index (Phi) is 3.17. The molecule has 1 atom stereocenters. The molecule has 0 aliphatic carbocycles. The van der Waals surface area contributed by atoms with Crippen molar-refractivity contribution in [3.8, 4) is 5.75 Å². The fourth-order valence-corrected chi connectivity index (χ4v) is 4.27. The lowest BCUT2D eigenvalue weighted by Gasteiger charge is -2.21. The fraction of sp³-hybridized carbons (Fsp3) is 0.333. The maximum Gasteiger partial charge on any atom is 0.221 e. The number of imidazole rings is 1. The third-order valence-corrected chi connectivity index (χ3v) is 5.31. The zero-order chi connectivity index (χ0) is 17.9. The molecule has 26 heavy (non-hydrogen) atoms. The Hall–Kier alpha value is -2.82. The molecule has 4 heterocycles. The van der Waals surface area contributed by atoms with Crippen LogP contribution in [0.3, 0.4) is 0 Å². The molecule has 2 aliphatic rings. The van der Waals surface area contributed by atoms with E-state index in [0.717, 1.165) is 34.8 Å². The summed E-state index contributed by atoms with van der Waals surface area (Å²) in [6.45, 7) is 4.68. The first-order valence-electron chi connectivity index (χ1n) is 9.05. The van der Waals surface area contributed by atoms with Crippen LogP contribution in [0.15, 0.2) is 42.6 Å². The number of amides is 1. The average Bonchev–Trinajstić information content (AvgIpc) is 3.08. The van der Waals surface area contributed by atoms with Crippen molar-refractivity contribution < 1.29 is 9.53 Å². The van der Waals surface area contributed by atoms with Gasteiger partial charge in [-0.15, -0.1) is 0 Å². The van der Waals surface area contributed by atoms with Gasteiger partial charge in [0, 0.05) is 30.5 Å². The maximum atomic E-state index is 12.4. The second-order valence-corrected chi connectivity index (χ2v) is 7.78. The monoisotopic (exact) mass is 347 g/mol. The van der Waals surface area contributed by atoms with Gasteiger partial charge in [-0.05, 0) is 31.5 Å². The third-order valence-electron chi connectivity index (χ3n) is 5.31. The third kappa shape index (κ3) is 2.30. The minimum atomic E-state index is -0.215. The van der Waals surface area contributed by atoms with Crippen LogP contribution < -0.4 is 10.1 Å². The molecule has 0 fully saturated rings. The lowest BCUT2D eigenvalue weighted by molar-refractivity contribution is -0.121. The van der Waals surface area contributed by atoms with Crippen LogP contribution in [0.5, 0.6) is 5.75 Å². The first-order chi connectivity index (χ1) is 12.5. The number of benzene rings is 1. The van der Waals surface area contributed by atoms with Gasteiger partial charge in [-0.2, -0.15) is 0 Å². The van der Waals surface area contributed by atoms with Crippen molar-refractivity contribution in [3.05, 3.63) is 65.1 Å². The molecule has 2 aliphatic heterocycles. The Morgan fingerprint density at radius 2 is 2.12 bits per heavy atom. The van der Waals surface area contributed by atoms with Crippen LogP contribution in [0, 0.1) is 0 Å². The Balaban J connectivity index is 1.73. The smallest absolute Gasteiger partial charge is 0.221 e. The molecule has 0 saturated carbocycles. The molecule has 1 N–H and O–H groups in total. The summed E-state index contributed by atoms with van der Waals surface area (Å²) in [6.07, 6.45) is 3.31. The van der Waals surface area contributed by atoms with Gasteiger partial charge in [0.15, 0.2) is 0 Å². The molecular formula is C21H21N3O2. The van der Waals surface area contributed by atoms with E-state index < -0.39 is 0 Å². The van der Waals surface area contributed by atoms with Crippen molar-refractivity contribution in [3.63, 3.8) is 0 Å². The van der Waals surface area contributed by atoms with Gasteiger partial charge in [-0.25, -0.2) is 4.98 Å². The summed E-state index contributed by atoms with van der Waals surface area (Å²) in [4.78, 5) is 17.2. The van der Waals surface area contributed by atoms with E-state index in [1.54, 1.807) is 0 Å². The molecule has 132 valence electrons. The van der Waals surface area contributed by atoms with Crippen molar-refractivity contribution in [2.75, 3.05) is 0 Å². The lowest BCUT2D eigenvalue weighted by atomic mass is 9.89. The van der Waals surface area contributed by atoms with Crippen LogP contribution in [-0.4, -0.2) is 20.9 Å². The zero-order valence-corrected chi connectivity index (χ0v) is 15.0. The number of nitrogens with zero attached hydrogens (tertiary/aromatic N) is 2. The topological polar surface area (TPSA) is 55.6 Å². The van der Waals surface area contributed by atoms with Crippen LogP contribution in [-0.2, 0) is 17.8 Å². The lowest BCUT2D eigenvalue weighted by Crippen LogP contribution is -2.25. The normalized spacial score (nSPS) is 20.8. The molecule has 1 aromatic carbocycles. The highest BCUT2D eigenvalue weighted by molar-refractivity contribution is 5.79. The van der Waals surface area contributed by atoms with Crippen molar-refractivity contribution in [1.29, 1.82) is 0 Å². The van der Waals surface area contributed by atoms with Crippen molar-refractivity contribution in [2.24, 2.45) is 0 Å². The Bertz CT molecular complexity index is 1030. The number of hydrogen-bond donors (Lipinski definition) is 1. The number of ether oxygens (including phenoxy) is 1. The summed E-state index contributed by atoms with van der Waals surface area (Å²) in [5.41, 5.74) is 5.01. The summed E-state index contributed by atoms with van der Waals surface area (Å²) in [6, 6.07) is 12.3. The number of nitrogens with one attached hydrogen (secondary N) is 1. The molecule has 5 heteroatoms. The van der Waals surface area contributed by atoms with Gasteiger partial charge in [0.1, 0.15) is 17.0 Å². The minimum Gasteiger partial charge on any atom is -0.487 e. The summed E-state index contributed by atoms with van der Waals surface area (Å²) < 4.78 is 8.41. The Morgan fingerprint density at radius 3 is 3.00 bits per heavy atom. The number of rotatable bonds is 1. The summed E-state index contributed by atoms with van der Waals surface area (Å²) in [5.74, 6) is 0.912. The molecule has 0 bridgehead atoms. The number of aromatic nitrogens is 2. The fourth-order valence-electron chi connectivity index (χ4n) is 4.27. The number of para-hydroxylation sites is 1. The van der Waals surface area contributed by atoms with Crippen molar-refractivity contribution >= 4 is 11.6 Å². The van der Waals surface area contributed by atoms with Crippen LogP contribution >= 0.6 is 0 Å². The highest BCUT2D eigenvalue weighted by atomic mass is 16.5. The molecule has 5 nitrogen and oxygen atoms in total. The standard InChI is InChI=1S/C21H21N3O2/c1-21(2)11-13-6-5-7-14(20(13)26-21)15-10-18(25)22-12-16-19(15)24-9-4-3-8-17(24)23-16/h3-9,15H,10-12H2,1-2H3,(H,22,25). The van der Waals surface area contributed by atoms with E-state index in [2.05, 4.69) is 41.8 Å². The largest absolute Gasteiger partial charge is 0.487 e. The molecule has 0 spiro atoms. The summed E-state index contributed by atoms with van der Waals surface area (Å²) >= 11 is 0. The highest BCUT2D eigenvalue weighted by Crippen LogP contribution is 2.44. The number of hydrogen-bond acceptors (Lipinski definition) is 3. The second-order valence-electron chi connectivity index (χ2n) is 7.78. The number of fused-ring (bicyclic) bond motifs is 4. The molecular weight excluding hydrogens is 326 g/mol. The van der Waals surface area contributed by atoms with Crippen LogP contribution in [0.4, 0.5) is 0 Å². The quantitative estimate of drug-likeness (QED) is 0.735. The van der Waals surface area contributed by atoms with Crippen molar-refractivity contribution in [1.82, 2.24) is 14.7 Å². The van der Waals surface area contributed by atoms with Crippen molar-refractivity contribution in [2.45, 2.75) is 44.8 Å². The van der Waals surface area contributed by atoms with E-state index in [0.29, 0.717) is 13.0 Å². The van der Waals surface area contributed by atoms with Gasteiger partial charge in [0.2, 0.25) is 5.91 Å². The van der Waals surface area contributed by atoms with E-state index in [-0.39, 0.29) is 17.4 Å². The molecule has 5 rings (SSSR count). The maximum absolute atomic E-state index is 12.4. The SMILES string of the molecule is CC1(C)Cc2cccc(C3CC(=O)NCc4nc5ccccn5c43)c2O1. The van der Waals surface area contributed by atoms with Gasteiger partial charge in [-0.3, -0.25) is 4.79 Å². The van der Waals surface area contributed by atoms with Gasteiger partial charge < -0.3 is 14.5 Å². The van der Waals surface area contributed by atoms with Crippen LogP contribution in [0.1, 0.15) is 48.7 Å². The van der Waals surface area contributed by atoms with Crippen LogP contribution in [0.2, 0.25) is 0 Å². The number of pyridine rings is 1. The van der Waals surface area contributed by atoms with Gasteiger partial charge in [-0.1, -0.05) is 24.3 Å². The first-order valence-corrected chi connectivity index (χ1v) is 9.05. The molecule has 0 saturated heterocycles. The Morgan fingerprint density at radius 1 is 1.23 bits per heavy atom. The van der Waals surface area contributed by atoms with Gasteiger partial charge in [0.05, 0.1) is 17.9 Å². The van der Waals surface area contributed by atoms with Crippen LogP contribution in [0.25, 0.3) is 5.65 Å². The van der Waals surface area contributed by atoms with E-state index in [9.17, 15) is 4.79 Å². The molecule has 1 unspecified atom stereocenters. The second kappa shape index (κ2) is 5.34. The number of carbonyl (C=O) groups excluding carboxylic acids is 1. The first kappa shape index (κ1) is 15.4.